The van der Waals surface area contributed by atoms with E-state index in [9.17, 15) is 22.8 Å². The van der Waals surface area contributed by atoms with Crippen LogP contribution in [0.1, 0.15) is 5.56 Å². The number of para-hydroxylation sites is 2. The number of aromatic amines is 1. The van der Waals surface area contributed by atoms with Gasteiger partial charge in [-0.05, 0) is 36.4 Å². The van der Waals surface area contributed by atoms with Crippen molar-refractivity contribution in [2.45, 2.75) is 11.3 Å². The number of halogens is 3. The van der Waals surface area contributed by atoms with Crippen LogP contribution in [0.5, 0.6) is 0 Å². The highest BCUT2D eigenvalue weighted by Gasteiger charge is 2.31. The van der Waals surface area contributed by atoms with Crippen LogP contribution in [0.15, 0.2) is 88.8 Å². The van der Waals surface area contributed by atoms with Gasteiger partial charge in [0.1, 0.15) is 11.0 Å². The molecule has 0 saturated carbocycles. The molecule has 5 aromatic rings. The molecule has 10 heteroatoms. The van der Waals surface area contributed by atoms with Gasteiger partial charge in [0.25, 0.3) is 5.56 Å². The number of rotatable bonds is 5. The van der Waals surface area contributed by atoms with Crippen molar-refractivity contribution in [1.82, 2.24) is 14.5 Å². The molecule has 0 radical (unpaired) electrons. The summed E-state index contributed by atoms with van der Waals surface area (Å²) in [5, 5.41) is 3.55. The summed E-state index contributed by atoms with van der Waals surface area (Å²) in [4.78, 5) is 33.7. The van der Waals surface area contributed by atoms with Crippen molar-refractivity contribution in [1.29, 1.82) is 0 Å². The van der Waals surface area contributed by atoms with Gasteiger partial charge in [-0.25, -0.2) is 4.98 Å². The smallest absolute Gasteiger partial charge is 0.349 e. The van der Waals surface area contributed by atoms with Crippen LogP contribution in [0, 0.1) is 0 Å². The van der Waals surface area contributed by atoms with Gasteiger partial charge >= 0.3 is 6.18 Å². The molecule has 0 saturated heterocycles. The molecule has 0 atom stereocenters. The number of thioether (sulfide) groups is 1. The number of nitrogens with one attached hydrogen (secondary N) is 2. The number of benzene rings is 3. The van der Waals surface area contributed by atoms with E-state index >= 15 is 0 Å². The van der Waals surface area contributed by atoms with Crippen molar-refractivity contribution in [3.63, 3.8) is 0 Å². The average Bonchev–Trinajstić information content (AvgIpc) is 3.22. The normalized spacial score (nSPS) is 11.7. The highest BCUT2D eigenvalue weighted by molar-refractivity contribution is 7.99. The van der Waals surface area contributed by atoms with Crippen molar-refractivity contribution in [2.24, 2.45) is 0 Å². The van der Waals surface area contributed by atoms with Crippen molar-refractivity contribution in [3.8, 4) is 5.69 Å². The molecule has 35 heavy (non-hydrogen) atoms. The number of alkyl halides is 3. The van der Waals surface area contributed by atoms with E-state index in [0.29, 0.717) is 22.1 Å². The minimum absolute atomic E-state index is 0.00356. The maximum Gasteiger partial charge on any atom is 0.416 e. The summed E-state index contributed by atoms with van der Waals surface area (Å²) in [5.41, 5.74) is 0.387. The van der Waals surface area contributed by atoms with Crippen LogP contribution in [-0.2, 0) is 11.0 Å². The molecule has 2 aromatic heterocycles. The maximum absolute atomic E-state index is 13.5. The molecular weight excluding hydrogens is 477 g/mol. The molecule has 5 rings (SSSR count). The Hall–Kier alpha value is -4.05. The van der Waals surface area contributed by atoms with E-state index in [4.69, 9.17) is 0 Å². The molecule has 176 valence electrons. The van der Waals surface area contributed by atoms with Gasteiger partial charge in [-0.1, -0.05) is 54.2 Å². The first-order valence-electron chi connectivity index (χ1n) is 10.5. The summed E-state index contributed by atoms with van der Waals surface area (Å²) < 4.78 is 41.2. The standard InChI is InChI=1S/C25H17F3N4O2S/c26-25(27,28)15-7-6-10-17(13-15)32-23(34)22-21(18-11-4-5-12-19(18)30-22)31-24(32)35-14-20(33)29-16-8-2-1-3-9-16/h1-13,30H,14H2,(H,29,33). The first kappa shape index (κ1) is 22.7. The predicted molar refractivity (Wildman–Crippen MR) is 130 cm³/mol. The Morgan fingerprint density at radius 3 is 2.51 bits per heavy atom. The fraction of sp³-hybridized carbons (Fsp3) is 0.0800. The molecule has 0 aliphatic heterocycles. The fourth-order valence-electron chi connectivity index (χ4n) is 3.74. The lowest BCUT2D eigenvalue weighted by Crippen LogP contribution is -2.23. The Labute approximate surface area is 200 Å². The maximum atomic E-state index is 13.5. The molecule has 0 spiro atoms. The number of aromatic nitrogens is 3. The van der Waals surface area contributed by atoms with Gasteiger partial charge in [-0.2, -0.15) is 13.2 Å². The third-order valence-electron chi connectivity index (χ3n) is 5.32. The van der Waals surface area contributed by atoms with Gasteiger partial charge in [-0.3, -0.25) is 14.2 Å². The Kier molecular flexibility index (Phi) is 5.81. The molecule has 3 aromatic carbocycles. The first-order valence-corrected chi connectivity index (χ1v) is 11.5. The van der Waals surface area contributed by atoms with E-state index in [1.54, 1.807) is 48.5 Å². The molecular formula is C25H17F3N4O2S. The van der Waals surface area contributed by atoms with E-state index in [1.165, 1.54) is 12.1 Å². The molecule has 2 N–H and O–H groups in total. The quantitative estimate of drug-likeness (QED) is 0.246. The molecule has 0 unspecified atom stereocenters. The number of nitrogens with zero attached hydrogens (tertiary/aromatic N) is 2. The molecule has 2 heterocycles. The lowest BCUT2D eigenvalue weighted by Gasteiger charge is -2.14. The Bertz CT molecular complexity index is 1610. The van der Waals surface area contributed by atoms with Crippen molar-refractivity contribution in [2.75, 3.05) is 11.1 Å². The summed E-state index contributed by atoms with van der Waals surface area (Å²) in [6.45, 7) is 0. The number of fused-ring (bicyclic) bond motifs is 3. The molecule has 6 nitrogen and oxygen atoms in total. The summed E-state index contributed by atoms with van der Waals surface area (Å²) in [6.07, 6.45) is -4.58. The zero-order valence-electron chi connectivity index (χ0n) is 18.0. The number of hydrogen-bond acceptors (Lipinski definition) is 4. The van der Waals surface area contributed by atoms with Crippen molar-refractivity contribution >= 4 is 45.3 Å². The van der Waals surface area contributed by atoms with Crippen molar-refractivity contribution in [3.05, 3.63) is 94.8 Å². The molecule has 0 fully saturated rings. The average molecular weight is 494 g/mol. The lowest BCUT2D eigenvalue weighted by molar-refractivity contribution is -0.137. The van der Waals surface area contributed by atoms with E-state index in [2.05, 4.69) is 15.3 Å². The van der Waals surface area contributed by atoms with Crippen LogP contribution in [0.3, 0.4) is 0 Å². The molecule has 0 aliphatic rings. The molecule has 1 amide bonds. The minimum atomic E-state index is -4.58. The van der Waals surface area contributed by atoms with Gasteiger partial charge in [0.05, 0.1) is 17.0 Å². The minimum Gasteiger partial charge on any atom is -0.349 e. The van der Waals surface area contributed by atoms with Crippen LogP contribution in [0.25, 0.3) is 27.6 Å². The van der Waals surface area contributed by atoms with Crippen LogP contribution >= 0.6 is 11.8 Å². The number of amides is 1. The number of anilines is 1. The summed E-state index contributed by atoms with van der Waals surface area (Å²) in [5.74, 6) is -0.446. The van der Waals surface area contributed by atoms with E-state index < -0.39 is 17.3 Å². The fourth-order valence-corrected chi connectivity index (χ4v) is 4.54. The number of carbonyl (C=O) groups excluding carboxylic acids is 1. The largest absolute Gasteiger partial charge is 0.416 e. The van der Waals surface area contributed by atoms with E-state index in [0.717, 1.165) is 28.5 Å². The van der Waals surface area contributed by atoms with E-state index in [-0.39, 0.29) is 28.0 Å². The van der Waals surface area contributed by atoms with Crippen LogP contribution in [0.4, 0.5) is 18.9 Å². The Morgan fingerprint density at radius 2 is 1.74 bits per heavy atom. The number of carbonyl (C=O) groups is 1. The summed E-state index contributed by atoms with van der Waals surface area (Å²) >= 11 is 0.968. The topological polar surface area (TPSA) is 79.8 Å². The zero-order chi connectivity index (χ0) is 24.6. The summed E-state index contributed by atoms with van der Waals surface area (Å²) in [7, 11) is 0. The summed E-state index contributed by atoms with van der Waals surface area (Å²) in [6, 6.07) is 20.5. The molecule has 0 bridgehead atoms. The SMILES string of the molecule is O=C(CSc1nc2c([nH]c3ccccc32)c(=O)n1-c1cccc(C(F)(F)F)c1)Nc1ccccc1. The second-order valence-corrected chi connectivity index (χ2v) is 8.62. The van der Waals surface area contributed by atoms with Crippen LogP contribution in [0.2, 0.25) is 0 Å². The number of hydrogen-bond donors (Lipinski definition) is 2. The highest BCUT2D eigenvalue weighted by atomic mass is 32.2. The number of H-pyrrole nitrogens is 1. The van der Waals surface area contributed by atoms with Crippen LogP contribution in [-0.4, -0.2) is 26.2 Å². The Morgan fingerprint density at radius 1 is 1.00 bits per heavy atom. The van der Waals surface area contributed by atoms with Gasteiger partial charge in [0.15, 0.2) is 5.16 Å². The van der Waals surface area contributed by atoms with Crippen LogP contribution < -0.4 is 10.9 Å². The van der Waals surface area contributed by atoms with Gasteiger partial charge in [0.2, 0.25) is 5.91 Å². The third-order valence-corrected chi connectivity index (χ3v) is 6.25. The second kappa shape index (κ2) is 8.95. The molecule has 0 aliphatic carbocycles. The van der Waals surface area contributed by atoms with Gasteiger partial charge in [-0.15, -0.1) is 0 Å². The highest BCUT2D eigenvalue weighted by Crippen LogP contribution is 2.32. The Balaban J connectivity index is 1.61. The predicted octanol–water partition coefficient (Wildman–Crippen LogP) is 5.62. The lowest BCUT2D eigenvalue weighted by atomic mass is 10.2. The zero-order valence-corrected chi connectivity index (χ0v) is 18.8. The first-order chi connectivity index (χ1) is 16.8. The third kappa shape index (κ3) is 4.52. The van der Waals surface area contributed by atoms with Crippen molar-refractivity contribution < 1.29 is 18.0 Å². The van der Waals surface area contributed by atoms with Gasteiger partial charge in [0, 0.05) is 16.6 Å². The monoisotopic (exact) mass is 494 g/mol. The second-order valence-electron chi connectivity index (χ2n) is 7.68. The van der Waals surface area contributed by atoms with Gasteiger partial charge < -0.3 is 10.3 Å². The van der Waals surface area contributed by atoms with E-state index in [1.807, 2.05) is 6.07 Å².